The minimum absolute atomic E-state index is 0.0753. The molecule has 1 aliphatic heterocycles. The molecule has 1 N–H and O–H groups in total. The van der Waals surface area contributed by atoms with Gasteiger partial charge in [-0.05, 0) is 31.8 Å². The fraction of sp³-hybridized carbons (Fsp3) is 0.462. The SMILES string of the molecule is CC(C)(C)OC(=O)NCC1OBc2ccccc21. The van der Waals surface area contributed by atoms with Gasteiger partial charge in [-0.2, -0.15) is 0 Å². The number of benzene rings is 1. The minimum atomic E-state index is -0.474. The van der Waals surface area contributed by atoms with Crippen LogP contribution in [0.2, 0.25) is 0 Å². The second-order valence-electron chi connectivity index (χ2n) is 5.38. The van der Waals surface area contributed by atoms with E-state index in [2.05, 4.69) is 5.32 Å². The third kappa shape index (κ3) is 3.26. The van der Waals surface area contributed by atoms with Gasteiger partial charge >= 0.3 is 13.6 Å². The van der Waals surface area contributed by atoms with E-state index in [1.54, 1.807) is 0 Å². The van der Waals surface area contributed by atoms with Crippen molar-refractivity contribution < 1.29 is 14.2 Å². The highest BCUT2D eigenvalue weighted by molar-refractivity contribution is 6.49. The normalized spacial score (nSPS) is 17.8. The molecule has 0 spiro atoms. The first kappa shape index (κ1) is 13.0. The van der Waals surface area contributed by atoms with Crippen molar-refractivity contribution in [3.8, 4) is 0 Å². The molecule has 2 rings (SSSR count). The zero-order valence-electron chi connectivity index (χ0n) is 11.0. The van der Waals surface area contributed by atoms with Crippen LogP contribution in [0.4, 0.5) is 4.79 Å². The summed E-state index contributed by atoms with van der Waals surface area (Å²) in [7, 11) is 0.608. The average Bonchev–Trinajstić information content (AvgIpc) is 2.67. The maximum atomic E-state index is 11.5. The maximum absolute atomic E-state index is 11.5. The van der Waals surface area contributed by atoms with Crippen molar-refractivity contribution in [2.75, 3.05) is 6.54 Å². The fourth-order valence-corrected chi connectivity index (χ4v) is 1.92. The second kappa shape index (κ2) is 5.02. The van der Waals surface area contributed by atoms with E-state index in [0.29, 0.717) is 14.0 Å². The molecule has 1 heterocycles. The third-order valence-electron chi connectivity index (χ3n) is 2.67. The van der Waals surface area contributed by atoms with E-state index < -0.39 is 11.7 Å². The quantitative estimate of drug-likeness (QED) is 0.800. The molecule has 0 radical (unpaired) electrons. The maximum Gasteiger partial charge on any atom is 0.407 e. The van der Waals surface area contributed by atoms with Crippen LogP contribution >= 0.6 is 0 Å². The molecule has 0 saturated heterocycles. The number of fused-ring (bicyclic) bond motifs is 1. The summed E-state index contributed by atoms with van der Waals surface area (Å²) in [6.45, 7) is 5.96. The van der Waals surface area contributed by atoms with E-state index in [-0.39, 0.29) is 6.10 Å². The highest BCUT2D eigenvalue weighted by Crippen LogP contribution is 2.19. The molecular weight excluding hydrogens is 229 g/mol. The van der Waals surface area contributed by atoms with Gasteiger partial charge in [0.25, 0.3) is 0 Å². The zero-order chi connectivity index (χ0) is 13.2. The van der Waals surface area contributed by atoms with Crippen molar-refractivity contribution in [3.05, 3.63) is 29.8 Å². The molecule has 1 amide bonds. The first-order valence-corrected chi connectivity index (χ1v) is 6.12. The number of carbonyl (C=O) groups excluding carboxylic acids is 1. The standard InChI is InChI=1S/C13H18BNO3/c1-13(2,3)17-12(16)15-8-11-9-6-4-5-7-10(9)14-18-11/h4-7,11,14H,8H2,1-3H3,(H,15,16). The van der Waals surface area contributed by atoms with Gasteiger partial charge in [0.05, 0.1) is 6.10 Å². The number of ether oxygens (including phenoxy) is 1. The summed E-state index contributed by atoms with van der Waals surface area (Å²) in [6.07, 6.45) is -0.482. The Hall–Kier alpha value is -1.49. The summed E-state index contributed by atoms with van der Waals surface area (Å²) in [5, 5.41) is 2.74. The number of hydrogen-bond donors (Lipinski definition) is 1. The van der Waals surface area contributed by atoms with Gasteiger partial charge in [0.2, 0.25) is 0 Å². The summed E-state index contributed by atoms with van der Waals surface area (Å²) in [6, 6.07) is 8.05. The Morgan fingerprint density at radius 1 is 1.44 bits per heavy atom. The molecule has 0 bridgehead atoms. The van der Waals surface area contributed by atoms with Crippen molar-refractivity contribution in [3.63, 3.8) is 0 Å². The van der Waals surface area contributed by atoms with Crippen LogP contribution in [0.25, 0.3) is 0 Å². The summed E-state index contributed by atoms with van der Waals surface area (Å²) in [4.78, 5) is 11.5. The largest absolute Gasteiger partial charge is 0.444 e. The number of hydrogen-bond acceptors (Lipinski definition) is 3. The van der Waals surface area contributed by atoms with Crippen LogP contribution < -0.4 is 10.8 Å². The lowest BCUT2D eigenvalue weighted by molar-refractivity contribution is 0.0504. The number of rotatable bonds is 2. The lowest BCUT2D eigenvalue weighted by atomic mass is 9.87. The molecular formula is C13H18BNO3. The van der Waals surface area contributed by atoms with Gasteiger partial charge in [0, 0.05) is 6.54 Å². The van der Waals surface area contributed by atoms with Gasteiger partial charge in [0.1, 0.15) is 5.60 Å². The lowest BCUT2D eigenvalue weighted by Crippen LogP contribution is -2.34. The van der Waals surface area contributed by atoms with Crippen LogP contribution in [0.1, 0.15) is 32.4 Å². The monoisotopic (exact) mass is 247 g/mol. The molecule has 5 heteroatoms. The predicted octanol–water partition coefficient (Wildman–Crippen LogP) is 1.26. The molecule has 96 valence electrons. The minimum Gasteiger partial charge on any atom is -0.444 e. The summed E-state index contributed by atoms with van der Waals surface area (Å²) in [5.41, 5.74) is 1.86. The Bertz CT molecular complexity index is 442. The van der Waals surface area contributed by atoms with E-state index in [1.165, 1.54) is 5.46 Å². The van der Waals surface area contributed by atoms with Gasteiger partial charge in [-0.15, -0.1) is 0 Å². The Morgan fingerprint density at radius 3 is 2.89 bits per heavy atom. The van der Waals surface area contributed by atoms with Crippen LogP contribution in [-0.2, 0) is 9.39 Å². The van der Waals surface area contributed by atoms with Crippen LogP contribution in [-0.4, -0.2) is 25.7 Å². The van der Waals surface area contributed by atoms with Crippen LogP contribution in [0.5, 0.6) is 0 Å². The highest BCUT2D eigenvalue weighted by Gasteiger charge is 2.24. The Morgan fingerprint density at radius 2 is 2.17 bits per heavy atom. The summed E-state index contributed by atoms with van der Waals surface area (Å²) < 4.78 is 10.8. The molecule has 1 aliphatic rings. The van der Waals surface area contributed by atoms with Crippen LogP contribution in [0.15, 0.2) is 24.3 Å². The fourth-order valence-electron chi connectivity index (χ4n) is 1.92. The van der Waals surface area contributed by atoms with E-state index >= 15 is 0 Å². The second-order valence-corrected chi connectivity index (χ2v) is 5.38. The highest BCUT2D eigenvalue weighted by atomic mass is 16.6. The van der Waals surface area contributed by atoms with Crippen molar-refractivity contribution in [1.29, 1.82) is 0 Å². The molecule has 0 fully saturated rings. The lowest BCUT2D eigenvalue weighted by Gasteiger charge is -2.21. The Labute approximate surface area is 108 Å². The number of nitrogens with one attached hydrogen (secondary N) is 1. The number of carbonyl (C=O) groups is 1. The number of amides is 1. The summed E-state index contributed by atoms with van der Waals surface area (Å²) >= 11 is 0. The summed E-state index contributed by atoms with van der Waals surface area (Å²) in [5.74, 6) is 0. The molecule has 1 atom stereocenters. The van der Waals surface area contributed by atoms with Crippen molar-refractivity contribution in [1.82, 2.24) is 5.32 Å². The van der Waals surface area contributed by atoms with Crippen LogP contribution in [0.3, 0.4) is 0 Å². The van der Waals surface area contributed by atoms with Gasteiger partial charge in [0.15, 0.2) is 0 Å². The molecule has 1 aromatic carbocycles. The molecule has 1 unspecified atom stereocenters. The zero-order valence-corrected chi connectivity index (χ0v) is 11.0. The van der Waals surface area contributed by atoms with Gasteiger partial charge < -0.3 is 14.7 Å². The molecule has 1 aromatic rings. The van der Waals surface area contributed by atoms with Crippen molar-refractivity contribution in [2.45, 2.75) is 32.5 Å². The van der Waals surface area contributed by atoms with E-state index in [4.69, 9.17) is 9.39 Å². The average molecular weight is 247 g/mol. The first-order valence-electron chi connectivity index (χ1n) is 6.12. The van der Waals surface area contributed by atoms with Crippen molar-refractivity contribution >= 4 is 19.0 Å². The number of alkyl carbamates (subject to hydrolysis) is 1. The van der Waals surface area contributed by atoms with Gasteiger partial charge in [-0.1, -0.05) is 24.3 Å². The Balaban J connectivity index is 1.87. The van der Waals surface area contributed by atoms with E-state index in [0.717, 1.165) is 5.56 Å². The van der Waals surface area contributed by atoms with Gasteiger partial charge in [-0.25, -0.2) is 4.79 Å². The van der Waals surface area contributed by atoms with Crippen LogP contribution in [0, 0.1) is 0 Å². The molecule has 0 saturated carbocycles. The van der Waals surface area contributed by atoms with Gasteiger partial charge in [-0.3, -0.25) is 0 Å². The topological polar surface area (TPSA) is 47.6 Å². The van der Waals surface area contributed by atoms with Crippen molar-refractivity contribution in [2.24, 2.45) is 0 Å². The smallest absolute Gasteiger partial charge is 0.407 e. The third-order valence-corrected chi connectivity index (χ3v) is 2.67. The molecule has 4 nitrogen and oxygen atoms in total. The first-order chi connectivity index (χ1) is 8.46. The molecule has 0 aliphatic carbocycles. The van der Waals surface area contributed by atoms with E-state index in [9.17, 15) is 4.79 Å². The predicted molar refractivity (Wildman–Crippen MR) is 71.3 cm³/mol. The Kier molecular flexibility index (Phi) is 3.61. The molecule has 0 aromatic heterocycles. The van der Waals surface area contributed by atoms with E-state index in [1.807, 2.05) is 45.0 Å². The molecule has 18 heavy (non-hydrogen) atoms.